The zero-order chi connectivity index (χ0) is 8.85. The van der Waals surface area contributed by atoms with E-state index in [1.165, 1.54) is 6.92 Å². The van der Waals surface area contributed by atoms with Crippen LogP contribution >= 0.6 is 0 Å². The van der Waals surface area contributed by atoms with E-state index >= 15 is 0 Å². The number of rotatable bonds is 3. The summed E-state index contributed by atoms with van der Waals surface area (Å²) < 4.78 is 27.8. The Balaban J connectivity index is 4.17. The van der Waals surface area contributed by atoms with Gasteiger partial charge in [0.25, 0.3) is 0 Å². The fourth-order valence-corrected chi connectivity index (χ4v) is 0.489. The molecule has 0 aromatic carbocycles. The Hall–Kier alpha value is -1.13. The third-order valence-corrected chi connectivity index (χ3v) is 0.940. The maximum atomic E-state index is 11.7. The average Bonchev–Trinajstić information content (AvgIpc) is 1.88. The van der Waals surface area contributed by atoms with Crippen LogP contribution in [0.4, 0.5) is 8.96 Å². The quantitative estimate of drug-likeness (QED) is 0.361. The molecule has 0 saturated carbocycles. The molecule has 0 aromatic rings. The lowest BCUT2D eigenvalue weighted by Gasteiger charge is -2.05. The molecule has 0 amide bonds. The van der Waals surface area contributed by atoms with Crippen LogP contribution in [0, 0.1) is 0 Å². The van der Waals surface area contributed by atoms with Gasteiger partial charge in [0.1, 0.15) is 0 Å². The first-order chi connectivity index (χ1) is 5.13. The predicted molar refractivity (Wildman–Crippen MR) is 34.4 cm³/mol. The Bertz CT molecular complexity index is 168. The number of nitrogens with zero attached hydrogens (tertiary/aromatic N) is 1. The number of ether oxygens (including phenoxy) is 1. The Morgan fingerprint density at radius 1 is 1.64 bits per heavy atom. The summed E-state index contributed by atoms with van der Waals surface area (Å²) in [4.78, 5) is 10.6. The molecule has 0 aromatic heterocycles. The van der Waals surface area contributed by atoms with E-state index in [4.69, 9.17) is 0 Å². The Morgan fingerprint density at radius 2 is 2.18 bits per heavy atom. The van der Waals surface area contributed by atoms with Crippen molar-refractivity contribution in [1.82, 2.24) is 5.34 Å². The number of allylic oxidation sites excluding steroid dienone is 1. The summed E-state index contributed by atoms with van der Waals surface area (Å²) in [6.45, 7) is 2.97. The van der Waals surface area contributed by atoms with Gasteiger partial charge in [0.05, 0.1) is 6.61 Å². The van der Waals surface area contributed by atoms with Crippen molar-refractivity contribution in [2.75, 3.05) is 6.61 Å². The van der Waals surface area contributed by atoms with Crippen molar-refractivity contribution in [3.63, 3.8) is 0 Å². The first-order valence-corrected chi connectivity index (χ1v) is 3.08. The minimum Gasteiger partial charge on any atom is -0.461 e. The molecule has 0 radical (unpaired) electrons. The van der Waals surface area contributed by atoms with Gasteiger partial charge in [-0.05, 0) is 19.2 Å². The van der Waals surface area contributed by atoms with E-state index in [1.807, 2.05) is 0 Å². The van der Waals surface area contributed by atoms with Crippen LogP contribution < -0.4 is 0 Å². The Morgan fingerprint density at radius 3 is 2.45 bits per heavy atom. The second-order valence-corrected chi connectivity index (χ2v) is 1.63. The fourth-order valence-electron chi connectivity index (χ4n) is 0.489. The van der Waals surface area contributed by atoms with Gasteiger partial charge in [0.15, 0.2) is 5.70 Å². The van der Waals surface area contributed by atoms with E-state index < -0.39 is 17.0 Å². The number of halogens is 2. The van der Waals surface area contributed by atoms with Crippen LogP contribution in [0.5, 0.6) is 0 Å². The summed E-state index contributed by atoms with van der Waals surface area (Å²) in [6, 6.07) is 0. The molecule has 3 nitrogen and oxygen atoms in total. The highest BCUT2D eigenvalue weighted by atomic mass is 19.4. The molecule has 0 rings (SSSR count). The van der Waals surface area contributed by atoms with Crippen LogP contribution in [0.3, 0.4) is 0 Å². The van der Waals surface area contributed by atoms with Gasteiger partial charge in [0.2, 0.25) is 0 Å². The molecule has 0 fully saturated rings. The van der Waals surface area contributed by atoms with Gasteiger partial charge < -0.3 is 4.74 Å². The van der Waals surface area contributed by atoms with Crippen LogP contribution in [-0.4, -0.2) is 17.9 Å². The molecular formula is C6H9F2NO2. The lowest BCUT2D eigenvalue weighted by atomic mass is 10.4. The van der Waals surface area contributed by atoms with Crippen LogP contribution in [0.1, 0.15) is 13.8 Å². The summed E-state index contributed by atoms with van der Waals surface area (Å²) in [5.74, 6) is -1.01. The summed E-state index contributed by atoms with van der Waals surface area (Å²) in [7, 11) is 0. The summed E-state index contributed by atoms with van der Waals surface area (Å²) in [5.41, 5.74) is -0.744. The average molecular weight is 165 g/mol. The molecular weight excluding hydrogens is 156 g/mol. The lowest BCUT2D eigenvalue weighted by Crippen LogP contribution is -2.15. The molecule has 0 saturated heterocycles. The standard InChI is InChI=1S/C6H9F2NO2/c1-3-5(9(7)8)6(10)11-4-2/h3H,4H2,1-2H3/b5-3-. The third kappa shape index (κ3) is 2.97. The molecule has 0 unspecified atom stereocenters. The highest BCUT2D eigenvalue weighted by Gasteiger charge is 2.16. The van der Waals surface area contributed by atoms with Crippen molar-refractivity contribution in [2.24, 2.45) is 0 Å². The van der Waals surface area contributed by atoms with Crippen molar-refractivity contribution in [3.05, 3.63) is 11.8 Å². The number of hydrogen-bond donors (Lipinski definition) is 0. The van der Waals surface area contributed by atoms with Crippen molar-refractivity contribution >= 4 is 5.97 Å². The number of hydrogen-bond acceptors (Lipinski definition) is 3. The molecule has 5 heteroatoms. The van der Waals surface area contributed by atoms with Crippen LogP contribution in [0.15, 0.2) is 11.8 Å². The summed E-state index contributed by atoms with van der Waals surface area (Å²) >= 11 is 0. The SMILES string of the molecule is C/C=C(/C(=O)OCC)N(F)F. The monoisotopic (exact) mass is 165 g/mol. The molecule has 0 atom stereocenters. The molecule has 0 spiro atoms. The van der Waals surface area contributed by atoms with Crippen LogP contribution in [0.2, 0.25) is 0 Å². The van der Waals surface area contributed by atoms with E-state index in [0.29, 0.717) is 0 Å². The highest BCUT2D eigenvalue weighted by molar-refractivity contribution is 5.87. The van der Waals surface area contributed by atoms with Gasteiger partial charge in [-0.1, -0.05) is 15.0 Å². The molecule has 0 N–H and O–H groups in total. The smallest absolute Gasteiger partial charge is 0.359 e. The van der Waals surface area contributed by atoms with E-state index in [2.05, 4.69) is 4.74 Å². The van der Waals surface area contributed by atoms with E-state index in [9.17, 15) is 13.8 Å². The first kappa shape index (κ1) is 9.87. The topological polar surface area (TPSA) is 29.5 Å². The fraction of sp³-hybridized carbons (Fsp3) is 0.500. The normalized spacial score (nSPS) is 11.1. The first-order valence-electron chi connectivity index (χ1n) is 3.08. The zero-order valence-electron chi connectivity index (χ0n) is 6.30. The van der Waals surface area contributed by atoms with E-state index in [0.717, 1.165) is 6.08 Å². The van der Waals surface area contributed by atoms with Gasteiger partial charge in [0, 0.05) is 0 Å². The Kier molecular flexibility index (Phi) is 4.17. The Labute approximate surface area is 63.1 Å². The van der Waals surface area contributed by atoms with Gasteiger partial charge in [-0.15, -0.1) is 0 Å². The van der Waals surface area contributed by atoms with Crippen LogP contribution in [0.25, 0.3) is 0 Å². The van der Waals surface area contributed by atoms with Gasteiger partial charge in [-0.2, -0.15) is 0 Å². The van der Waals surface area contributed by atoms with Crippen molar-refractivity contribution in [3.8, 4) is 0 Å². The van der Waals surface area contributed by atoms with Gasteiger partial charge >= 0.3 is 5.97 Å². The third-order valence-electron chi connectivity index (χ3n) is 0.940. The minimum atomic E-state index is -1.27. The van der Waals surface area contributed by atoms with Crippen molar-refractivity contribution in [1.29, 1.82) is 0 Å². The zero-order valence-corrected chi connectivity index (χ0v) is 6.30. The molecule has 0 bridgehead atoms. The molecule has 0 aliphatic heterocycles. The number of carbonyl (C=O) groups excluding carboxylic acids is 1. The lowest BCUT2D eigenvalue weighted by molar-refractivity contribution is -0.159. The molecule has 11 heavy (non-hydrogen) atoms. The largest absolute Gasteiger partial charge is 0.461 e. The minimum absolute atomic E-state index is 0.0873. The number of esters is 1. The predicted octanol–water partition coefficient (Wildman–Crippen LogP) is 1.52. The van der Waals surface area contributed by atoms with E-state index in [-0.39, 0.29) is 6.61 Å². The molecule has 0 aliphatic carbocycles. The summed E-state index contributed by atoms with van der Waals surface area (Å²) in [5, 5.41) is -1.27. The second-order valence-electron chi connectivity index (χ2n) is 1.63. The highest BCUT2D eigenvalue weighted by Crippen LogP contribution is 2.07. The molecule has 0 heterocycles. The molecule has 64 valence electrons. The van der Waals surface area contributed by atoms with Crippen molar-refractivity contribution in [2.45, 2.75) is 13.8 Å². The van der Waals surface area contributed by atoms with E-state index in [1.54, 1.807) is 6.92 Å². The summed E-state index contributed by atoms with van der Waals surface area (Å²) in [6.07, 6.45) is 0.984. The van der Waals surface area contributed by atoms with Gasteiger partial charge in [-0.3, -0.25) is 0 Å². The van der Waals surface area contributed by atoms with Crippen molar-refractivity contribution < 1.29 is 18.5 Å². The number of carbonyl (C=O) groups is 1. The second kappa shape index (κ2) is 4.65. The van der Waals surface area contributed by atoms with Crippen LogP contribution in [-0.2, 0) is 9.53 Å². The van der Waals surface area contributed by atoms with Gasteiger partial charge in [-0.25, -0.2) is 4.79 Å². The molecule has 0 aliphatic rings. The maximum Gasteiger partial charge on any atom is 0.359 e. The maximum absolute atomic E-state index is 11.7.